The number of hydrogen-bond donors (Lipinski definition) is 2. The summed E-state index contributed by atoms with van der Waals surface area (Å²) in [7, 11) is -3.57. The van der Waals surface area contributed by atoms with Crippen LogP contribution in [0.15, 0.2) is 34.7 Å². The van der Waals surface area contributed by atoms with Crippen LogP contribution < -0.4 is 15.8 Å². The van der Waals surface area contributed by atoms with Crippen molar-refractivity contribution in [3.63, 3.8) is 0 Å². The molecule has 3 N–H and O–H groups in total. The molecule has 0 bridgehead atoms. The highest BCUT2D eigenvalue weighted by Crippen LogP contribution is 2.27. The monoisotopic (exact) mass is 337 g/mol. The Bertz CT molecular complexity index is 754. The van der Waals surface area contributed by atoms with E-state index in [2.05, 4.69) is 9.71 Å². The average molecular weight is 337 g/mol. The van der Waals surface area contributed by atoms with E-state index in [0.717, 1.165) is 6.42 Å². The molecule has 0 saturated carbocycles. The molecule has 0 radical (unpaired) electrons. The highest BCUT2D eigenvalue weighted by Gasteiger charge is 2.24. The molecule has 0 aliphatic carbocycles. The first-order valence-electron chi connectivity index (χ1n) is 7.20. The van der Waals surface area contributed by atoms with Crippen molar-refractivity contribution in [3.8, 4) is 5.75 Å². The molecule has 1 aliphatic heterocycles. The molecule has 1 amide bonds. The number of sulfonamides is 1. The molecule has 0 saturated heterocycles. The van der Waals surface area contributed by atoms with Crippen molar-refractivity contribution in [2.24, 2.45) is 10.1 Å². The van der Waals surface area contributed by atoms with Crippen LogP contribution in [0.2, 0.25) is 0 Å². The zero-order valence-corrected chi connectivity index (χ0v) is 13.6. The fourth-order valence-electron chi connectivity index (χ4n) is 2.13. The van der Waals surface area contributed by atoms with E-state index in [1.807, 2.05) is 6.92 Å². The third-order valence-electron chi connectivity index (χ3n) is 3.10. The topological polar surface area (TPSA) is 111 Å². The maximum absolute atomic E-state index is 11.6. The van der Waals surface area contributed by atoms with Crippen molar-refractivity contribution >= 4 is 21.8 Å². The molecule has 1 aromatic rings. The first-order chi connectivity index (χ1) is 10.9. The number of amidine groups is 1. The van der Waals surface area contributed by atoms with Crippen LogP contribution in [-0.4, -0.2) is 33.3 Å². The van der Waals surface area contributed by atoms with Crippen molar-refractivity contribution in [1.82, 2.24) is 5.32 Å². The number of nitrogens with one attached hydrogen (secondary N) is 1. The van der Waals surface area contributed by atoms with Gasteiger partial charge in [0.1, 0.15) is 18.2 Å². The smallest absolute Gasteiger partial charge is 0.259 e. The van der Waals surface area contributed by atoms with Gasteiger partial charge in [-0.2, -0.15) is 0 Å². The molecule has 1 aromatic carbocycles. The van der Waals surface area contributed by atoms with Gasteiger partial charge in [-0.1, -0.05) is 19.1 Å². The van der Waals surface area contributed by atoms with E-state index < -0.39 is 10.0 Å². The minimum atomic E-state index is -3.57. The van der Waals surface area contributed by atoms with Gasteiger partial charge in [0.2, 0.25) is 5.91 Å². The lowest BCUT2D eigenvalue weighted by Crippen LogP contribution is -2.24. The molecule has 8 heteroatoms. The fraction of sp³-hybridized carbons (Fsp3) is 0.333. The molecular formula is C15H19N3O4S. The minimum absolute atomic E-state index is 0.0773. The molecule has 7 nitrogen and oxygen atoms in total. The van der Waals surface area contributed by atoms with Gasteiger partial charge in [-0.3, -0.25) is 4.79 Å². The third kappa shape index (κ3) is 4.56. The van der Waals surface area contributed by atoms with Crippen LogP contribution in [0.5, 0.6) is 5.75 Å². The highest BCUT2D eigenvalue weighted by atomic mass is 32.2. The number of amides is 1. The number of nitrogens with zero attached hydrogens (tertiary/aromatic N) is 1. The van der Waals surface area contributed by atoms with Crippen molar-refractivity contribution in [2.75, 3.05) is 13.2 Å². The molecule has 124 valence electrons. The summed E-state index contributed by atoms with van der Waals surface area (Å²) >= 11 is 0. The van der Waals surface area contributed by atoms with E-state index in [-0.39, 0.29) is 24.1 Å². The van der Waals surface area contributed by atoms with Crippen molar-refractivity contribution in [3.05, 3.63) is 41.5 Å². The lowest BCUT2D eigenvalue weighted by atomic mass is 10.1. The number of benzene rings is 1. The summed E-state index contributed by atoms with van der Waals surface area (Å²) in [5.74, 6) is -0.0170. The van der Waals surface area contributed by atoms with Gasteiger partial charge in [0.05, 0.1) is 11.3 Å². The number of carbonyl (C=O) groups is 1. The SMILES string of the molecule is CCCNC(=O)/C=C/COc1cccc2c1C(N)=NS(=O)(=O)C2. The van der Waals surface area contributed by atoms with Gasteiger partial charge in [-0.15, -0.1) is 4.40 Å². The van der Waals surface area contributed by atoms with Gasteiger partial charge >= 0.3 is 0 Å². The Labute approximate surface area is 135 Å². The first-order valence-corrected chi connectivity index (χ1v) is 8.81. The standard InChI is InChI=1S/C15H19N3O4S/c1-2-8-17-13(19)7-4-9-22-12-6-3-5-11-10-23(20,21)18-15(16)14(11)12/h3-7H,2,8-10H2,1H3,(H2,16,18)(H,17,19)/b7-4+. The van der Waals surface area contributed by atoms with E-state index in [1.165, 1.54) is 6.08 Å². The second kappa shape index (κ2) is 7.28. The van der Waals surface area contributed by atoms with Crippen molar-refractivity contribution in [2.45, 2.75) is 19.1 Å². The van der Waals surface area contributed by atoms with Crippen LogP contribution >= 0.6 is 0 Å². The largest absolute Gasteiger partial charge is 0.489 e. The molecule has 0 unspecified atom stereocenters. The molecule has 0 spiro atoms. The lowest BCUT2D eigenvalue weighted by Gasteiger charge is -2.17. The number of nitrogens with two attached hydrogens (primary N) is 1. The Kier molecular flexibility index (Phi) is 5.38. The molecule has 1 heterocycles. The van der Waals surface area contributed by atoms with Crippen molar-refractivity contribution in [1.29, 1.82) is 0 Å². The predicted octanol–water partition coefficient (Wildman–Crippen LogP) is 0.697. The zero-order valence-electron chi connectivity index (χ0n) is 12.8. The van der Waals surface area contributed by atoms with E-state index in [4.69, 9.17) is 10.5 Å². The summed E-state index contributed by atoms with van der Waals surface area (Å²) in [5.41, 5.74) is 6.79. The summed E-state index contributed by atoms with van der Waals surface area (Å²) in [6.07, 6.45) is 3.85. The van der Waals surface area contributed by atoms with Crippen LogP contribution in [0, 0.1) is 0 Å². The van der Waals surface area contributed by atoms with E-state index in [9.17, 15) is 13.2 Å². The molecule has 2 rings (SSSR count). The first kappa shape index (κ1) is 17.0. The number of carbonyl (C=O) groups excluding carboxylic acids is 1. The Morgan fingerprint density at radius 3 is 3.00 bits per heavy atom. The van der Waals surface area contributed by atoms with Gasteiger partial charge in [0, 0.05) is 12.6 Å². The third-order valence-corrected chi connectivity index (χ3v) is 4.25. The maximum Gasteiger partial charge on any atom is 0.259 e. The number of hydrogen-bond acceptors (Lipinski definition) is 5. The quantitative estimate of drug-likeness (QED) is 0.742. The number of ether oxygens (including phenoxy) is 1. The number of fused-ring (bicyclic) bond motifs is 1. The van der Waals surface area contributed by atoms with E-state index >= 15 is 0 Å². The summed E-state index contributed by atoms with van der Waals surface area (Å²) in [5, 5.41) is 2.71. The van der Waals surface area contributed by atoms with Gasteiger partial charge in [0.15, 0.2) is 0 Å². The lowest BCUT2D eigenvalue weighted by molar-refractivity contribution is -0.116. The second-order valence-corrected chi connectivity index (χ2v) is 6.63. The van der Waals surface area contributed by atoms with Gasteiger partial charge < -0.3 is 15.8 Å². The Hall–Kier alpha value is -2.35. The Morgan fingerprint density at radius 1 is 1.48 bits per heavy atom. The zero-order chi connectivity index (χ0) is 16.9. The van der Waals surface area contributed by atoms with Crippen LogP contribution in [-0.2, 0) is 20.6 Å². The molecule has 1 aliphatic rings. The predicted molar refractivity (Wildman–Crippen MR) is 87.7 cm³/mol. The number of rotatable bonds is 6. The van der Waals surface area contributed by atoms with E-state index in [1.54, 1.807) is 24.3 Å². The second-order valence-electron chi connectivity index (χ2n) is 5.00. The summed E-state index contributed by atoms with van der Waals surface area (Å²) in [4.78, 5) is 11.4. The van der Waals surface area contributed by atoms with Gasteiger partial charge in [-0.25, -0.2) is 8.42 Å². The summed E-state index contributed by atoms with van der Waals surface area (Å²) < 4.78 is 32.3. The van der Waals surface area contributed by atoms with Crippen LogP contribution in [0.25, 0.3) is 0 Å². The van der Waals surface area contributed by atoms with Crippen LogP contribution in [0.1, 0.15) is 24.5 Å². The average Bonchev–Trinajstić information content (AvgIpc) is 2.47. The Balaban J connectivity index is 2.06. The molecule has 0 aromatic heterocycles. The summed E-state index contributed by atoms with van der Waals surface area (Å²) in [6.45, 7) is 2.76. The Morgan fingerprint density at radius 2 is 2.26 bits per heavy atom. The molecule has 0 atom stereocenters. The van der Waals surface area contributed by atoms with E-state index in [0.29, 0.717) is 23.4 Å². The van der Waals surface area contributed by atoms with Crippen LogP contribution in [0.4, 0.5) is 0 Å². The minimum Gasteiger partial charge on any atom is -0.489 e. The summed E-state index contributed by atoms with van der Waals surface area (Å²) in [6, 6.07) is 5.05. The maximum atomic E-state index is 11.6. The molecular weight excluding hydrogens is 318 g/mol. The fourth-order valence-corrected chi connectivity index (χ4v) is 3.22. The molecule has 23 heavy (non-hydrogen) atoms. The molecule has 0 fully saturated rings. The van der Waals surface area contributed by atoms with Crippen molar-refractivity contribution < 1.29 is 17.9 Å². The van der Waals surface area contributed by atoms with Gasteiger partial charge in [0.25, 0.3) is 10.0 Å². The van der Waals surface area contributed by atoms with Crippen LogP contribution in [0.3, 0.4) is 0 Å². The normalized spacial score (nSPS) is 15.8. The highest BCUT2D eigenvalue weighted by molar-refractivity contribution is 7.89. The van der Waals surface area contributed by atoms with Gasteiger partial charge in [-0.05, 0) is 24.1 Å².